The van der Waals surface area contributed by atoms with Gasteiger partial charge >= 0.3 is 0 Å². The SMILES string of the molecule is CNC(C1=CCCO1)C1CSc2ccccc2O1. The van der Waals surface area contributed by atoms with E-state index >= 15 is 0 Å². The Kier molecular flexibility index (Phi) is 3.48. The number of rotatable bonds is 3. The van der Waals surface area contributed by atoms with Crippen molar-refractivity contribution >= 4 is 11.8 Å². The van der Waals surface area contributed by atoms with Crippen molar-refractivity contribution in [1.82, 2.24) is 5.32 Å². The summed E-state index contributed by atoms with van der Waals surface area (Å²) in [7, 11) is 1.96. The summed E-state index contributed by atoms with van der Waals surface area (Å²) in [5.74, 6) is 2.96. The Morgan fingerprint density at radius 2 is 2.28 bits per heavy atom. The monoisotopic (exact) mass is 263 g/mol. The molecule has 1 aromatic rings. The Balaban J connectivity index is 1.78. The first-order valence-electron chi connectivity index (χ1n) is 6.27. The van der Waals surface area contributed by atoms with Gasteiger partial charge in [-0.25, -0.2) is 0 Å². The van der Waals surface area contributed by atoms with Gasteiger partial charge in [-0.3, -0.25) is 0 Å². The summed E-state index contributed by atoms with van der Waals surface area (Å²) in [6.07, 6.45) is 3.29. The zero-order valence-electron chi connectivity index (χ0n) is 10.4. The van der Waals surface area contributed by atoms with E-state index in [1.165, 1.54) is 4.90 Å². The van der Waals surface area contributed by atoms with E-state index in [4.69, 9.17) is 9.47 Å². The maximum Gasteiger partial charge on any atom is 0.133 e. The minimum Gasteiger partial charge on any atom is -0.496 e. The van der Waals surface area contributed by atoms with Crippen LogP contribution < -0.4 is 10.1 Å². The Morgan fingerprint density at radius 3 is 3.06 bits per heavy atom. The van der Waals surface area contributed by atoms with Crippen molar-refractivity contribution in [2.75, 3.05) is 19.4 Å². The summed E-state index contributed by atoms with van der Waals surface area (Å²) in [6, 6.07) is 8.35. The summed E-state index contributed by atoms with van der Waals surface area (Å²) in [4.78, 5) is 1.23. The van der Waals surface area contributed by atoms with E-state index in [0.717, 1.165) is 30.3 Å². The van der Waals surface area contributed by atoms with Crippen molar-refractivity contribution in [3.63, 3.8) is 0 Å². The lowest BCUT2D eigenvalue weighted by Crippen LogP contribution is -2.45. The molecule has 0 bridgehead atoms. The number of ether oxygens (including phenoxy) is 2. The molecule has 0 amide bonds. The Morgan fingerprint density at radius 1 is 1.39 bits per heavy atom. The lowest BCUT2D eigenvalue weighted by atomic mass is 10.1. The van der Waals surface area contributed by atoms with E-state index in [2.05, 4.69) is 17.5 Å². The summed E-state index contributed by atoms with van der Waals surface area (Å²) < 4.78 is 11.7. The molecule has 2 unspecified atom stereocenters. The van der Waals surface area contributed by atoms with Gasteiger partial charge in [0.05, 0.1) is 6.61 Å². The molecule has 3 nitrogen and oxygen atoms in total. The van der Waals surface area contributed by atoms with E-state index in [-0.39, 0.29) is 12.1 Å². The first kappa shape index (κ1) is 11.9. The van der Waals surface area contributed by atoms with E-state index in [0.29, 0.717) is 0 Å². The summed E-state index contributed by atoms with van der Waals surface area (Å²) >= 11 is 1.85. The number of fused-ring (bicyclic) bond motifs is 1. The molecule has 0 saturated carbocycles. The third-order valence-corrected chi connectivity index (χ3v) is 4.40. The van der Waals surface area contributed by atoms with Crippen LogP contribution in [0, 0.1) is 0 Å². The van der Waals surface area contributed by atoms with Gasteiger partial charge in [-0.1, -0.05) is 12.1 Å². The number of hydrogen-bond acceptors (Lipinski definition) is 4. The molecular formula is C14H17NO2S. The quantitative estimate of drug-likeness (QED) is 0.907. The van der Waals surface area contributed by atoms with Gasteiger partial charge in [-0.05, 0) is 25.3 Å². The van der Waals surface area contributed by atoms with E-state index in [1.807, 2.05) is 37.0 Å². The first-order valence-corrected chi connectivity index (χ1v) is 7.25. The molecule has 2 aliphatic heterocycles. The second-order valence-electron chi connectivity index (χ2n) is 4.42. The van der Waals surface area contributed by atoms with Gasteiger partial charge in [0.25, 0.3) is 0 Å². The molecule has 0 radical (unpaired) electrons. The van der Waals surface area contributed by atoms with Crippen LogP contribution in [0.5, 0.6) is 5.75 Å². The zero-order valence-corrected chi connectivity index (χ0v) is 11.2. The molecule has 0 aromatic heterocycles. The van der Waals surface area contributed by atoms with Crippen molar-refractivity contribution in [3.05, 3.63) is 36.1 Å². The maximum atomic E-state index is 6.09. The summed E-state index contributed by atoms with van der Waals surface area (Å²) in [6.45, 7) is 0.796. The van der Waals surface area contributed by atoms with Gasteiger partial charge in [0.2, 0.25) is 0 Å². The molecule has 2 heterocycles. The van der Waals surface area contributed by atoms with Crippen molar-refractivity contribution in [1.29, 1.82) is 0 Å². The van der Waals surface area contributed by atoms with Crippen LogP contribution in [0.4, 0.5) is 0 Å². The van der Waals surface area contributed by atoms with Crippen molar-refractivity contribution in [2.24, 2.45) is 0 Å². The molecule has 1 N–H and O–H groups in total. The molecule has 0 spiro atoms. The van der Waals surface area contributed by atoms with Crippen LogP contribution >= 0.6 is 11.8 Å². The summed E-state index contributed by atoms with van der Waals surface area (Å²) in [5, 5.41) is 3.31. The second kappa shape index (κ2) is 5.24. The topological polar surface area (TPSA) is 30.5 Å². The number of thioether (sulfide) groups is 1. The van der Waals surface area contributed by atoms with Gasteiger partial charge in [-0.2, -0.15) is 0 Å². The third-order valence-electron chi connectivity index (χ3n) is 3.25. The smallest absolute Gasteiger partial charge is 0.133 e. The number of likely N-dealkylation sites (N-methyl/N-ethyl adjacent to an activating group) is 1. The number of para-hydroxylation sites is 1. The Bertz CT molecular complexity index is 461. The van der Waals surface area contributed by atoms with Crippen molar-refractivity contribution in [2.45, 2.75) is 23.5 Å². The normalized spacial score (nSPS) is 23.6. The third kappa shape index (κ3) is 2.22. The Labute approximate surface area is 112 Å². The van der Waals surface area contributed by atoms with Crippen LogP contribution in [0.25, 0.3) is 0 Å². The average Bonchev–Trinajstić information content (AvgIpc) is 2.93. The van der Waals surface area contributed by atoms with Crippen LogP contribution in [0.2, 0.25) is 0 Å². The maximum absolute atomic E-state index is 6.09. The predicted molar refractivity (Wildman–Crippen MR) is 73.1 cm³/mol. The van der Waals surface area contributed by atoms with Crippen molar-refractivity contribution in [3.8, 4) is 5.75 Å². The van der Waals surface area contributed by atoms with Gasteiger partial charge in [0, 0.05) is 17.1 Å². The fourth-order valence-electron chi connectivity index (χ4n) is 2.37. The average molecular weight is 263 g/mol. The largest absolute Gasteiger partial charge is 0.496 e. The highest BCUT2D eigenvalue weighted by Crippen LogP contribution is 2.36. The molecular weight excluding hydrogens is 246 g/mol. The van der Waals surface area contributed by atoms with Crippen LogP contribution in [0.15, 0.2) is 41.0 Å². The van der Waals surface area contributed by atoms with E-state index < -0.39 is 0 Å². The molecule has 1 aromatic carbocycles. The minimum atomic E-state index is 0.124. The fraction of sp³-hybridized carbons (Fsp3) is 0.429. The molecule has 96 valence electrons. The molecule has 2 atom stereocenters. The number of benzene rings is 1. The molecule has 18 heavy (non-hydrogen) atoms. The van der Waals surface area contributed by atoms with Crippen LogP contribution in [-0.2, 0) is 4.74 Å². The molecule has 4 heteroatoms. The standard InChI is InChI=1S/C14H17NO2S/c1-15-14(11-6-4-8-16-11)12-9-18-13-7-3-2-5-10(13)17-12/h2-3,5-7,12,14-15H,4,8-9H2,1H3. The highest BCUT2D eigenvalue weighted by Gasteiger charge is 2.31. The van der Waals surface area contributed by atoms with Crippen LogP contribution in [0.1, 0.15) is 6.42 Å². The molecule has 0 fully saturated rings. The molecule has 2 aliphatic rings. The number of nitrogens with one attached hydrogen (secondary N) is 1. The highest BCUT2D eigenvalue weighted by atomic mass is 32.2. The minimum absolute atomic E-state index is 0.124. The highest BCUT2D eigenvalue weighted by molar-refractivity contribution is 7.99. The number of hydrogen-bond donors (Lipinski definition) is 1. The zero-order chi connectivity index (χ0) is 12.4. The van der Waals surface area contributed by atoms with E-state index in [1.54, 1.807) is 0 Å². The second-order valence-corrected chi connectivity index (χ2v) is 5.49. The van der Waals surface area contributed by atoms with Gasteiger partial charge in [-0.15, -0.1) is 11.8 Å². The lowest BCUT2D eigenvalue weighted by molar-refractivity contribution is 0.136. The lowest BCUT2D eigenvalue weighted by Gasteiger charge is -2.31. The van der Waals surface area contributed by atoms with Crippen LogP contribution in [-0.4, -0.2) is 31.6 Å². The molecule has 0 aliphatic carbocycles. The van der Waals surface area contributed by atoms with E-state index in [9.17, 15) is 0 Å². The van der Waals surface area contributed by atoms with Crippen LogP contribution in [0.3, 0.4) is 0 Å². The van der Waals surface area contributed by atoms with Gasteiger partial charge < -0.3 is 14.8 Å². The molecule has 3 rings (SSSR count). The van der Waals surface area contributed by atoms with Gasteiger partial charge in [0.1, 0.15) is 23.7 Å². The van der Waals surface area contributed by atoms with Gasteiger partial charge in [0.15, 0.2) is 0 Å². The summed E-state index contributed by atoms with van der Waals surface area (Å²) in [5.41, 5.74) is 0. The Hall–Kier alpha value is -1.13. The van der Waals surface area contributed by atoms with Crippen molar-refractivity contribution < 1.29 is 9.47 Å². The fourth-order valence-corrected chi connectivity index (χ4v) is 3.40. The first-order chi connectivity index (χ1) is 8.88. The predicted octanol–water partition coefficient (Wildman–Crippen LogP) is 2.43. The molecule has 0 saturated heterocycles.